The molecule has 0 saturated carbocycles. The fraction of sp³-hybridized carbons (Fsp3) is 0.250. The van der Waals surface area contributed by atoms with Gasteiger partial charge in [-0.25, -0.2) is 4.79 Å². The number of nitrogens with zero attached hydrogens (tertiary/aromatic N) is 5. The van der Waals surface area contributed by atoms with Crippen LogP contribution in [0, 0.1) is 0 Å². The lowest BCUT2D eigenvalue weighted by molar-refractivity contribution is 0.369. The van der Waals surface area contributed by atoms with Crippen molar-refractivity contribution in [2.75, 3.05) is 20.1 Å². The number of nitrogen functional groups attached to an aromatic ring is 1. The van der Waals surface area contributed by atoms with Gasteiger partial charge in [0.2, 0.25) is 11.8 Å². The standard InChI is InChI=1S/C8H10N6O3/c1-16-5-3-6(17-2)12-7(11-5)14-8(15)13(9)4-10-14/h3-4H,9H2,1-2H3. The van der Waals surface area contributed by atoms with Crippen LogP contribution in [-0.2, 0) is 0 Å². The second-order valence-electron chi connectivity index (χ2n) is 2.99. The van der Waals surface area contributed by atoms with Crippen molar-refractivity contribution in [3.05, 3.63) is 22.9 Å². The molecule has 0 fully saturated rings. The zero-order chi connectivity index (χ0) is 12.4. The second kappa shape index (κ2) is 4.12. The number of rotatable bonds is 3. The van der Waals surface area contributed by atoms with Gasteiger partial charge in [0.1, 0.15) is 6.33 Å². The van der Waals surface area contributed by atoms with Gasteiger partial charge in [0.25, 0.3) is 5.95 Å². The molecule has 9 heteroatoms. The molecule has 0 atom stereocenters. The van der Waals surface area contributed by atoms with Crippen molar-refractivity contribution in [2.24, 2.45) is 0 Å². The average molecular weight is 238 g/mol. The zero-order valence-electron chi connectivity index (χ0n) is 9.19. The van der Waals surface area contributed by atoms with Gasteiger partial charge in [-0.15, -0.1) is 9.78 Å². The molecule has 0 aliphatic heterocycles. The highest BCUT2D eigenvalue weighted by Crippen LogP contribution is 2.15. The molecule has 0 aliphatic carbocycles. The van der Waals surface area contributed by atoms with E-state index in [0.29, 0.717) is 0 Å². The van der Waals surface area contributed by atoms with Crippen molar-refractivity contribution in [1.82, 2.24) is 24.4 Å². The molecule has 17 heavy (non-hydrogen) atoms. The van der Waals surface area contributed by atoms with Crippen LogP contribution in [0.3, 0.4) is 0 Å². The molecule has 0 bridgehead atoms. The van der Waals surface area contributed by atoms with Crippen LogP contribution >= 0.6 is 0 Å². The van der Waals surface area contributed by atoms with Gasteiger partial charge in [0.05, 0.1) is 20.3 Å². The lowest BCUT2D eigenvalue weighted by Gasteiger charge is -2.04. The molecular weight excluding hydrogens is 228 g/mol. The van der Waals surface area contributed by atoms with Gasteiger partial charge in [-0.3, -0.25) is 0 Å². The molecule has 0 aliphatic rings. The minimum atomic E-state index is -0.569. The highest BCUT2D eigenvalue weighted by molar-refractivity contribution is 5.25. The van der Waals surface area contributed by atoms with E-state index in [2.05, 4.69) is 15.1 Å². The summed E-state index contributed by atoms with van der Waals surface area (Å²) in [5, 5.41) is 3.74. The molecule has 0 radical (unpaired) electrons. The molecule has 90 valence electrons. The van der Waals surface area contributed by atoms with E-state index in [4.69, 9.17) is 15.3 Å². The van der Waals surface area contributed by atoms with Crippen LogP contribution in [0.15, 0.2) is 17.2 Å². The SMILES string of the molecule is COc1cc(OC)nc(-n2ncn(N)c2=O)n1. The zero-order valence-corrected chi connectivity index (χ0v) is 9.19. The van der Waals surface area contributed by atoms with Gasteiger partial charge in [-0.1, -0.05) is 0 Å². The Morgan fingerprint density at radius 2 is 1.82 bits per heavy atom. The third-order valence-corrected chi connectivity index (χ3v) is 1.97. The predicted octanol–water partition coefficient (Wildman–Crippen LogP) is -1.44. The number of hydrogen-bond acceptors (Lipinski definition) is 7. The van der Waals surface area contributed by atoms with Crippen LogP contribution in [0.5, 0.6) is 11.8 Å². The first kappa shape index (κ1) is 10.9. The quantitative estimate of drug-likeness (QED) is 0.651. The topological polar surface area (TPSA) is 110 Å². The maximum absolute atomic E-state index is 11.5. The molecule has 0 unspecified atom stereocenters. The molecule has 2 rings (SSSR count). The third kappa shape index (κ3) is 1.89. The summed E-state index contributed by atoms with van der Waals surface area (Å²) in [7, 11) is 2.88. The Labute approximate surface area is 95.4 Å². The van der Waals surface area contributed by atoms with E-state index in [1.165, 1.54) is 20.3 Å². The van der Waals surface area contributed by atoms with Crippen LogP contribution < -0.4 is 21.0 Å². The number of aromatic nitrogens is 5. The first-order valence-corrected chi connectivity index (χ1v) is 4.55. The molecule has 2 aromatic heterocycles. The van der Waals surface area contributed by atoms with Crippen LogP contribution in [-0.4, -0.2) is 38.6 Å². The van der Waals surface area contributed by atoms with Crippen LogP contribution in [0.1, 0.15) is 0 Å². The number of hydrogen-bond donors (Lipinski definition) is 1. The van der Waals surface area contributed by atoms with Crippen LogP contribution in [0.25, 0.3) is 5.95 Å². The molecule has 0 spiro atoms. The van der Waals surface area contributed by atoms with Gasteiger partial charge < -0.3 is 15.3 Å². The lowest BCUT2D eigenvalue weighted by atomic mass is 10.6. The predicted molar refractivity (Wildman–Crippen MR) is 56.7 cm³/mol. The van der Waals surface area contributed by atoms with Gasteiger partial charge >= 0.3 is 5.69 Å². The highest BCUT2D eigenvalue weighted by atomic mass is 16.5. The van der Waals surface area contributed by atoms with E-state index in [1.807, 2.05) is 0 Å². The molecule has 0 amide bonds. The Bertz CT molecular complexity index is 567. The summed E-state index contributed by atoms with van der Waals surface area (Å²) >= 11 is 0. The van der Waals surface area contributed by atoms with Crippen molar-refractivity contribution in [3.8, 4) is 17.7 Å². The normalized spacial score (nSPS) is 10.2. The van der Waals surface area contributed by atoms with Gasteiger partial charge in [-0.05, 0) is 0 Å². The Balaban J connectivity index is 2.58. The Morgan fingerprint density at radius 3 is 2.24 bits per heavy atom. The lowest BCUT2D eigenvalue weighted by Crippen LogP contribution is -2.29. The van der Waals surface area contributed by atoms with Crippen molar-refractivity contribution in [1.29, 1.82) is 0 Å². The van der Waals surface area contributed by atoms with E-state index in [0.717, 1.165) is 15.7 Å². The van der Waals surface area contributed by atoms with Gasteiger partial charge in [0.15, 0.2) is 0 Å². The van der Waals surface area contributed by atoms with Crippen molar-refractivity contribution < 1.29 is 9.47 Å². The minimum absolute atomic E-state index is 0.0235. The first-order valence-electron chi connectivity index (χ1n) is 4.55. The first-order chi connectivity index (χ1) is 8.15. The Kier molecular flexibility index (Phi) is 2.65. The summed E-state index contributed by atoms with van der Waals surface area (Å²) in [5.74, 6) is 5.86. The Morgan fingerprint density at radius 1 is 1.24 bits per heavy atom. The molecule has 2 N–H and O–H groups in total. The summed E-state index contributed by atoms with van der Waals surface area (Å²) in [5.41, 5.74) is -0.569. The van der Waals surface area contributed by atoms with Gasteiger partial charge in [0, 0.05) is 0 Å². The van der Waals surface area contributed by atoms with Crippen LogP contribution in [0.4, 0.5) is 0 Å². The van der Waals surface area contributed by atoms with E-state index in [-0.39, 0.29) is 17.7 Å². The van der Waals surface area contributed by atoms with Crippen molar-refractivity contribution >= 4 is 0 Å². The fourth-order valence-corrected chi connectivity index (χ4v) is 1.15. The van der Waals surface area contributed by atoms with E-state index in [9.17, 15) is 4.79 Å². The maximum Gasteiger partial charge on any atom is 0.371 e. The molecule has 0 saturated heterocycles. The average Bonchev–Trinajstić information content (AvgIpc) is 2.69. The summed E-state index contributed by atoms with van der Waals surface area (Å²) < 4.78 is 11.7. The molecule has 0 aromatic carbocycles. The number of methoxy groups -OCH3 is 2. The van der Waals surface area contributed by atoms with E-state index in [1.54, 1.807) is 0 Å². The smallest absolute Gasteiger partial charge is 0.371 e. The summed E-state index contributed by atoms with van der Waals surface area (Å²) in [6.07, 6.45) is 1.15. The minimum Gasteiger partial charge on any atom is -0.481 e. The summed E-state index contributed by atoms with van der Waals surface area (Å²) in [6, 6.07) is 1.48. The second-order valence-corrected chi connectivity index (χ2v) is 2.99. The van der Waals surface area contributed by atoms with Crippen molar-refractivity contribution in [3.63, 3.8) is 0 Å². The highest BCUT2D eigenvalue weighted by Gasteiger charge is 2.11. The summed E-state index contributed by atoms with van der Waals surface area (Å²) in [4.78, 5) is 19.5. The molecule has 2 heterocycles. The summed E-state index contributed by atoms with van der Waals surface area (Å²) in [6.45, 7) is 0. The van der Waals surface area contributed by atoms with Gasteiger partial charge in [-0.2, -0.15) is 14.6 Å². The van der Waals surface area contributed by atoms with Crippen molar-refractivity contribution in [2.45, 2.75) is 0 Å². The largest absolute Gasteiger partial charge is 0.481 e. The molecule has 2 aromatic rings. The molecular formula is C8H10N6O3. The van der Waals surface area contributed by atoms with E-state index >= 15 is 0 Å². The number of ether oxygens (including phenoxy) is 2. The third-order valence-electron chi connectivity index (χ3n) is 1.97. The maximum atomic E-state index is 11.5. The fourth-order valence-electron chi connectivity index (χ4n) is 1.15. The molecule has 9 nitrogen and oxygen atoms in total. The number of nitrogens with two attached hydrogens (primary N) is 1. The monoisotopic (exact) mass is 238 g/mol. The Hall–Kier alpha value is -2.58. The van der Waals surface area contributed by atoms with E-state index < -0.39 is 5.69 Å². The van der Waals surface area contributed by atoms with Crippen LogP contribution in [0.2, 0.25) is 0 Å².